The number of benzene rings is 2. The van der Waals surface area contributed by atoms with Crippen molar-refractivity contribution in [2.24, 2.45) is 0 Å². The largest absolute Gasteiger partial charge is 0.399 e. The normalized spacial score (nSPS) is 16.1. The number of aryl methyl sites for hydroxylation is 2. The van der Waals surface area contributed by atoms with Crippen molar-refractivity contribution in [1.82, 2.24) is 5.32 Å². The minimum absolute atomic E-state index is 0. The Hall–Kier alpha value is -2.00. The summed E-state index contributed by atoms with van der Waals surface area (Å²) in [7, 11) is 0. The van der Waals surface area contributed by atoms with Crippen molar-refractivity contribution in [3.63, 3.8) is 0 Å². The Bertz CT molecular complexity index is 672. The molecule has 0 saturated carbocycles. The number of carbonyl (C=O) groups excluding carboxylic acids is 1. The summed E-state index contributed by atoms with van der Waals surface area (Å²) in [4.78, 5) is 12.2. The van der Waals surface area contributed by atoms with Gasteiger partial charge in [0.05, 0.1) is 0 Å². The van der Waals surface area contributed by atoms with Crippen molar-refractivity contribution in [2.45, 2.75) is 38.1 Å². The number of hydrogen-bond acceptors (Lipinski definition) is 2. The Labute approximate surface area is 143 Å². The van der Waals surface area contributed by atoms with Crippen LogP contribution in [0.1, 0.15) is 29.5 Å². The Balaban J connectivity index is 0.00000192. The molecule has 3 rings (SSSR count). The van der Waals surface area contributed by atoms with E-state index in [4.69, 9.17) is 5.73 Å². The monoisotopic (exact) mass is 330 g/mol. The number of hydrogen-bond donors (Lipinski definition) is 2. The fourth-order valence-corrected chi connectivity index (χ4v) is 3.13. The highest BCUT2D eigenvalue weighted by Gasteiger charge is 2.19. The topological polar surface area (TPSA) is 55.1 Å². The standard InChI is InChI=1S/C19H22N2O.ClH/c20-18-8-4-3-6-15(18)10-12-19(22)21-17-11-9-14-5-1-2-7-16(14)13-17;/h1-8,17H,9-13,20H2,(H,21,22);1H. The second-order valence-electron chi connectivity index (χ2n) is 5.97. The lowest BCUT2D eigenvalue weighted by atomic mass is 9.88. The number of nitrogen functional groups attached to an aromatic ring is 1. The second-order valence-corrected chi connectivity index (χ2v) is 5.97. The minimum atomic E-state index is 0. The van der Waals surface area contributed by atoms with Crippen molar-refractivity contribution in [3.8, 4) is 0 Å². The maximum absolute atomic E-state index is 12.2. The van der Waals surface area contributed by atoms with Crippen LogP contribution in [0.5, 0.6) is 0 Å². The third-order valence-corrected chi connectivity index (χ3v) is 4.39. The zero-order valence-corrected chi connectivity index (χ0v) is 13.9. The average molecular weight is 331 g/mol. The highest BCUT2D eigenvalue weighted by atomic mass is 35.5. The van der Waals surface area contributed by atoms with Gasteiger partial charge < -0.3 is 11.1 Å². The van der Waals surface area contributed by atoms with Crippen LogP contribution in [0.25, 0.3) is 0 Å². The summed E-state index contributed by atoms with van der Waals surface area (Å²) in [5, 5.41) is 3.17. The summed E-state index contributed by atoms with van der Waals surface area (Å²) in [6, 6.07) is 16.5. The van der Waals surface area contributed by atoms with Gasteiger partial charge in [-0.15, -0.1) is 12.4 Å². The first-order chi connectivity index (χ1) is 10.7. The number of amides is 1. The van der Waals surface area contributed by atoms with E-state index in [1.165, 1.54) is 11.1 Å². The molecule has 1 atom stereocenters. The molecule has 0 heterocycles. The van der Waals surface area contributed by atoms with Crippen LogP contribution >= 0.6 is 12.4 Å². The first-order valence-corrected chi connectivity index (χ1v) is 7.92. The Morgan fingerprint density at radius 2 is 1.78 bits per heavy atom. The van der Waals surface area contributed by atoms with Crippen LogP contribution in [0.2, 0.25) is 0 Å². The van der Waals surface area contributed by atoms with Crippen LogP contribution in [0.4, 0.5) is 5.69 Å². The van der Waals surface area contributed by atoms with Gasteiger partial charge in [0.1, 0.15) is 0 Å². The molecule has 0 spiro atoms. The molecule has 122 valence electrons. The predicted octanol–water partition coefficient (Wildman–Crippen LogP) is 3.30. The first-order valence-electron chi connectivity index (χ1n) is 7.92. The molecule has 2 aromatic rings. The van der Waals surface area contributed by atoms with Crippen molar-refractivity contribution >= 4 is 24.0 Å². The van der Waals surface area contributed by atoms with Gasteiger partial charge in [0.15, 0.2) is 0 Å². The molecule has 1 amide bonds. The molecule has 4 heteroatoms. The molecule has 0 saturated heterocycles. The van der Waals surface area contributed by atoms with Gasteiger partial charge in [-0.25, -0.2) is 0 Å². The van der Waals surface area contributed by atoms with E-state index < -0.39 is 0 Å². The van der Waals surface area contributed by atoms with E-state index >= 15 is 0 Å². The quantitative estimate of drug-likeness (QED) is 0.845. The number of nitrogens with two attached hydrogens (primary N) is 1. The van der Waals surface area contributed by atoms with Gasteiger partial charge in [0.2, 0.25) is 5.91 Å². The smallest absolute Gasteiger partial charge is 0.220 e. The summed E-state index contributed by atoms with van der Waals surface area (Å²) >= 11 is 0. The van der Waals surface area contributed by atoms with Crippen LogP contribution in [-0.4, -0.2) is 11.9 Å². The average Bonchev–Trinajstić information content (AvgIpc) is 2.54. The highest BCUT2D eigenvalue weighted by Crippen LogP contribution is 2.21. The molecule has 0 fully saturated rings. The zero-order valence-electron chi connectivity index (χ0n) is 13.1. The fourth-order valence-electron chi connectivity index (χ4n) is 3.13. The van der Waals surface area contributed by atoms with Crippen LogP contribution in [0.3, 0.4) is 0 Å². The van der Waals surface area contributed by atoms with Crippen LogP contribution in [-0.2, 0) is 24.1 Å². The lowest BCUT2D eigenvalue weighted by molar-refractivity contribution is -0.121. The second kappa shape index (κ2) is 8.02. The maximum atomic E-state index is 12.2. The van der Waals surface area contributed by atoms with Crippen LogP contribution in [0.15, 0.2) is 48.5 Å². The Morgan fingerprint density at radius 1 is 1.09 bits per heavy atom. The van der Waals surface area contributed by atoms with Crippen LogP contribution in [0, 0.1) is 0 Å². The van der Waals surface area contributed by atoms with E-state index in [0.29, 0.717) is 12.8 Å². The number of para-hydroxylation sites is 1. The van der Waals surface area contributed by atoms with E-state index in [2.05, 4.69) is 29.6 Å². The molecule has 1 aliphatic rings. The molecule has 0 radical (unpaired) electrons. The molecule has 0 bridgehead atoms. The fraction of sp³-hybridized carbons (Fsp3) is 0.316. The van der Waals surface area contributed by atoms with E-state index in [1.54, 1.807) is 0 Å². The summed E-state index contributed by atoms with van der Waals surface area (Å²) < 4.78 is 0. The predicted molar refractivity (Wildman–Crippen MR) is 96.8 cm³/mol. The minimum Gasteiger partial charge on any atom is -0.399 e. The molecule has 0 aliphatic heterocycles. The molecular weight excluding hydrogens is 308 g/mol. The van der Waals surface area contributed by atoms with Gasteiger partial charge in [-0.1, -0.05) is 42.5 Å². The van der Waals surface area contributed by atoms with Gasteiger partial charge in [0.25, 0.3) is 0 Å². The lowest BCUT2D eigenvalue weighted by Gasteiger charge is -2.25. The number of fused-ring (bicyclic) bond motifs is 1. The summed E-state index contributed by atoms with van der Waals surface area (Å²) in [6.45, 7) is 0. The van der Waals surface area contributed by atoms with E-state index in [0.717, 1.165) is 30.5 Å². The Kier molecular flexibility index (Phi) is 6.05. The molecule has 23 heavy (non-hydrogen) atoms. The third kappa shape index (κ3) is 4.49. The van der Waals surface area contributed by atoms with E-state index in [9.17, 15) is 4.79 Å². The lowest BCUT2D eigenvalue weighted by Crippen LogP contribution is -2.38. The maximum Gasteiger partial charge on any atom is 0.220 e. The number of halogens is 1. The Morgan fingerprint density at radius 3 is 2.57 bits per heavy atom. The van der Waals surface area contributed by atoms with Crippen molar-refractivity contribution < 1.29 is 4.79 Å². The van der Waals surface area contributed by atoms with E-state index in [1.807, 2.05) is 24.3 Å². The van der Waals surface area contributed by atoms with Gasteiger partial charge in [-0.3, -0.25) is 4.79 Å². The first kappa shape index (κ1) is 17.4. The zero-order chi connectivity index (χ0) is 15.4. The third-order valence-electron chi connectivity index (χ3n) is 4.39. The molecule has 3 nitrogen and oxygen atoms in total. The summed E-state index contributed by atoms with van der Waals surface area (Å²) in [6.07, 6.45) is 4.20. The van der Waals surface area contributed by atoms with Gasteiger partial charge in [-0.05, 0) is 48.4 Å². The highest BCUT2D eigenvalue weighted by molar-refractivity contribution is 5.85. The summed E-state index contributed by atoms with van der Waals surface area (Å²) in [5.41, 5.74) is 10.5. The molecule has 0 aromatic heterocycles. The number of nitrogens with one attached hydrogen (secondary N) is 1. The van der Waals surface area contributed by atoms with Crippen molar-refractivity contribution in [2.75, 3.05) is 5.73 Å². The summed E-state index contributed by atoms with van der Waals surface area (Å²) in [5.74, 6) is 0.118. The van der Waals surface area contributed by atoms with Crippen molar-refractivity contribution in [3.05, 3.63) is 65.2 Å². The molecule has 2 aromatic carbocycles. The number of rotatable bonds is 4. The number of anilines is 1. The molecule has 1 aliphatic carbocycles. The SMILES string of the molecule is Cl.Nc1ccccc1CCC(=O)NC1CCc2ccccc2C1. The van der Waals surface area contributed by atoms with E-state index in [-0.39, 0.29) is 24.4 Å². The van der Waals surface area contributed by atoms with Gasteiger partial charge in [0, 0.05) is 18.2 Å². The molecular formula is C19H23ClN2O. The van der Waals surface area contributed by atoms with Crippen LogP contribution < -0.4 is 11.1 Å². The molecule has 3 N–H and O–H groups in total. The molecule has 1 unspecified atom stereocenters. The van der Waals surface area contributed by atoms with Gasteiger partial charge >= 0.3 is 0 Å². The van der Waals surface area contributed by atoms with Gasteiger partial charge in [-0.2, -0.15) is 0 Å². The van der Waals surface area contributed by atoms with Crippen molar-refractivity contribution in [1.29, 1.82) is 0 Å². The number of carbonyl (C=O) groups is 1.